The maximum absolute atomic E-state index is 13.0. The molecule has 0 aliphatic heterocycles. The van der Waals surface area contributed by atoms with Crippen molar-refractivity contribution in [3.63, 3.8) is 0 Å². The number of rotatable bonds is 5. The molecule has 2 amide bonds. The fourth-order valence-corrected chi connectivity index (χ4v) is 2.41. The van der Waals surface area contributed by atoms with Crippen LogP contribution in [0.3, 0.4) is 0 Å². The first-order valence-corrected chi connectivity index (χ1v) is 8.30. The predicted octanol–water partition coefficient (Wildman–Crippen LogP) is 5.21. The van der Waals surface area contributed by atoms with Crippen molar-refractivity contribution in [2.45, 2.75) is 12.7 Å². The zero-order valence-electron chi connectivity index (χ0n) is 14.5. The van der Waals surface area contributed by atoms with Crippen molar-refractivity contribution >= 4 is 11.7 Å². The number of para-hydroxylation sites is 1. The van der Waals surface area contributed by atoms with Crippen LogP contribution in [0.5, 0.6) is 11.5 Å². The van der Waals surface area contributed by atoms with Crippen molar-refractivity contribution in [1.82, 2.24) is 10.3 Å². The summed E-state index contributed by atoms with van der Waals surface area (Å²) in [5, 5.41) is 4.76. The number of halogens is 3. The van der Waals surface area contributed by atoms with Gasteiger partial charge in [-0.05, 0) is 42.0 Å². The summed E-state index contributed by atoms with van der Waals surface area (Å²) in [6, 6.07) is 14.5. The zero-order valence-corrected chi connectivity index (χ0v) is 14.5. The first-order chi connectivity index (χ1) is 13.4. The van der Waals surface area contributed by atoms with E-state index in [1.165, 1.54) is 18.2 Å². The molecule has 0 aliphatic carbocycles. The van der Waals surface area contributed by atoms with E-state index in [-0.39, 0.29) is 12.2 Å². The second-order valence-corrected chi connectivity index (χ2v) is 5.78. The molecule has 0 bridgehead atoms. The number of nitrogens with zero attached hydrogens (tertiary/aromatic N) is 1. The Kier molecular flexibility index (Phi) is 5.78. The number of alkyl halides is 3. The Bertz CT molecular complexity index is 929. The molecule has 3 rings (SSSR count). The van der Waals surface area contributed by atoms with Crippen LogP contribution in [-0.2, 0) is 12.7 Å². The Morgan fingerprint density at radius 3 is 2.25 bits per heavy atom. The van der Waals surface area contributed by atoms with Crippen LogP contribution in [0.25, 0.3) is 0 Å². The van der Waals surface area contributed by atoms with Crippen LogP contribution >= 0.6 is 0 Å². The Balaban J connectivity index is 1.55. The minimum Gasteiger partial charge on any atom is -0.457 e. The van der Waals surface area contributed by atoms with Gasteiger partial charge in [0.05, 0.1) is 11.3 Å². The average Bonchev–Trinajstić information content (AvgIpc) is 2.68. The fourth-order valence-electron chi connectivity index (χ4n) is 2.41. The molecule has 1 aromatic heterocycles. The molecule has 0 radical (unpaired) electrons. The molecule has 0 aliphatic rings. The van der Waals surface area contributed by atoms with Gasteiger partial charge in [0.2, 0.25) is 0 Å². The van der Waals surface area contributed by atoms with Crippen molar-refractivity contribution in [1.29, 1.82) is 0 Å². The quantitative estimate of drug-likeness (QED) is 0.631. The van der Waals surface area contributed by atoms with Crippen LogP contribution in [0.4, 0.5) is 23.7 Å². The molecule has 0 unspecified atom stereocenters. The summed E-state index contributed by atoms with van der Waals surface area (Å²) in [7, 11) is 0. The van der Waals surface area contributed by atoms with E-state index >= 15 is 0 Å². The van der Waals surface area contributed by atoms with Crippen LogP contribution < -0.4 is 15.4 Å². The van der Waals surface area contributed by atoms with Crippen molar-refractivity contribution in [3.05, 3.63) is 84.2 Å². The van der Waals surface area contributed by atoms with E-state index in [9.17, 15) is 18.0 Å². The number of hydrogen-bond acceptors (Lipinski definition) is 3. The topological polar surface area (TPSA) is 63.2 Å². The van der Waals surface area contributed by atoms with Gasteiger partial charge >= 0.3 is 12.2 Å². The van der Waals surface area contributed by atoms with E-state index in [1.807, 2.05) is 0 Å². The highest BCUT2D eigenvalue weighted by Crippen LogP contribution is 2.34. The monoisotopic (exact) mass is 387 g/mol. The molecule has 3 aromatic rings. The second kappa shape index (κ2) is 8.43. The molecular formula is C20H16F3N3O2. The van der Waals surface area contributed by atoms with Gasteiger partial charge in [0, 0.05) is 18.9 Å². The van der Waals surface area contributed by atoms with E-state index in [0.717, 1.165) is 11.6 Å². The molecule has 144 valence electrons. The van der Waals surface area contributed by atoms with Gasteiger partial charge in [-0.1, -0.05) is 24.3 Å². The van der Waals surface area contributed by atoms with Gasteiger partial charge in [-0.3, -0.25) is 4.98 Å². The SMILES string of the molecule is O=C(NCc1ccc(Oc2ccncc2)cc1)Nc1ccccc1C(F)(F)F. The maximum Gasteiger partial charge on any atom is 0.418 e. The van der Waals surface area contributed by atoms with Crippen molar-refractivity contribution in [2.75, 3.05) is 5.32 Å². The summed E-state index contributed by atoms with van der Waals surface area (Å²) in [4.78, 5) is 15.9. The number of hydrogen-bond donors (Lipinski definition) is 2. The van der Waals surface area contributed by atoms with Crippen LogP contribution in [0.15, 0.2) is 73.1 Å². The highest BCUT2D eigenvalue weighted by Gasteiger charge is 2.33. The highest BCUT2D eigenvalue weighted by atomic mass is 19.4. The Hall–Kier alpha value is -3.55. The lowest BCUT2D eigenvalue weighted by molar-refractivity contribution is -0.136. The number of urea groups is 1. The van der Waals surface area contributed by atoms with Gasteiger partial charge in [-0.25, -0.2) is 4.79 Å². The molecule has 0 fully saturated rings. The Morgan fingerprint density at radius 2 is 1.57 bits per heavy atom. The zero-order chi connectivity index (χ0) is 20.0. The van der Waals surface area contributed by atoms with Crippen molar-refractivity contribution in [3.8, 4) is 11.5 Å². The molecule has 5 nitrogen and oxygen atoms in total. The summed E-state index contributed by atoms with van der Waals surface area (Å²) in [6.07, 6.45) is -1.32. The van der Waals surface area contributed by atoms with Gasteiger partial charge < -0.3 is 15.4 Å². The van der Waals surface area contributed by atoms with E-state index in [0.29, 0.717) is 11.5 Å². The van der Waals surface area contributed by atoms with Gasteiger partial charge in [-0.2, -0.15) is 13.2 Å². The Morgan fingerprint density at radius 1 is 0.929 bits per heavy atom. The second-order valence-electron chi connectivity index (χ2n) is 5.78. The molecule has 2 aromatic carbocycles. The van der Waals surface area contributed by atoms with Gasteiger partial charge in [0.15, 0.2) is 0 Å². The minimum atomic E-state index is -4.55. The van der Waals surface area contributed by atoms with Crippen molar-refractivity contribution in [2.24, 2.45) is 0 Å². The van der Waals surface area contributed by atoms with Crippen LogP contribution in [0.1, 0.15) is 11.1 Å². The summed E-state index contributed by atoms with van der Waals surface area (Å²) >= 11 is 0. The lowest BCUT2D eigenvalue weighted by Gasteiger charge is -2.14. The highest BCUT2D eigenvalue weighted by molar-refractivity contribution is 5.90. The van der Waals surface area contributed by atoms with Crippen LogP contribution in [0.2, 0.25) is 0 Å². The van der Waals surface area contributed by atoms with Crippen LogP contribution in [-0.4, -0.2) is 11.0 Å². The first kappa shape index (κ1) is 19.2. The third kappa shape index (κ3) is 5.23. The minimum absolute atomic E-state index is 0.148. The standard InChI is InChI=1S/C20H16F3N3O2/c21-20(22,23)17-3-1-2-4-18(17)26-19(27)25-13-14-5-7-15(8-6-14)28-16-9-11-24-12-10-16/h1-12H,13H2,(H2,25,26,27). The van der Waals surface area contributed by atoms with E-state index in [4.69, 9.17) is 4.74 Å². The number of ether oxygens (including phenoxy) is 1. The number of anilines is 1. The summed E-state index contributed by atoms with van der Waals surface area (Å²) in [5.41, 5.74) is -0.433. The maximum atomic E-state index is 13.0. The third-order valence-electron chi connectivity index (χ3n) is 3.74. The summed E-state index contributed by atoms with van der Waals surface area (Å²) < 4.78 is 44.5. The molecule has 0 atom stereocenters. The normalized spacial score (nSPS) is 11.0. The third-order valence-corrected chi connectivity index (χ3v) is 3.74. The smallest absolute Gasteiger partial charge is 0.418 e. The number of benzene rings is 2. The average molecular weight is 387 g/mol. The lowest BCUT2D eigenvalue weighted by atomic mass is 10.1. The molecular weight excluding hydrogens is 371 g/mol. The summed E-state index contributed by atoms with van der Waals surface area (Å²) in [6.45, 7) is 0.148. The predicted molar refractivity (Wildman–Crippen MR) is 98.1 cm³/mol. The number of nitrogens with one attached hydrogen (secondary N) is 2. The molecule has 0 saturated carbocycles. The molecule has 2 N–H and O–H groups in total. The lowest BCUT2D eigenvalue weighted by Crippen LogP contribution is -2.29. The number of carbonyl (C=O) groups is 1. The Labute approximate surface area is 159 Å². The van der Waals surface area contributed by atoms with Crippen LogP contribution in [0, 0.1) is 0 Å². The first-order valence-electron chi connectivity index (χ1n) is 8.30. The van der Waals surface area contributed by atoms with Gasteiger partial charge in [0.25, 0.3) is 0 Å². The van der Waals surface area contributed by atoms with Gasteiger partial charge in [-0.15, -0.1) is 0 Å². The molecule has 0 spiro atoms. The molecule has 28 heavy (non-hydrogen) atoms. The molecule has 0 saturated heterocycles. The number of carbonyl (C=O) groups excluding carboxylic acids is 1. The van der Waals surface area contributed by atoms with Crippen molar-refractivity contribution < 1.29 is 22.7 Å². The number of amides is 2. The fraction of sp³-hybridized carbons (Fsp3) is 0.100. The van der Waals surface area contributed by atoms with E-state index < -0.39 is 17.8 Å². The molecule has 8 heteroatoms. The number of aromatic nitrogens is 1. The largest absolute Gasteiger partial charge is 0.457 e. The summed E-state index contributed by atoms with van der Waals surface area (Å²) in [5.74, 6) is 1.25. The molecule has 1 heterocycles. The van der Waals surface area contributed by atoms with E-state index in [2.05, 4.69) is 15.6 Å². The van der Waals surface area contributed by atoms with E-state index in [1.54, 1.807) is 48.8 Å². The van der Waals surface area contributed by atoms with Gasteiger partial charge in [0.1, 0.15) is 11.5 Å². The number of pyridine rings is 1.